The summed E-state index contributed by atoms with van der Waals surface area (Å²) in [5, 5.41) is 9.89. The van der Waals surface area contributed by atoms with Crippen molar-refractivity contribution in [1.29, 1.82) is 0 Å². The Labute approximate surface area is 140 Å². The predicted octanol–water partition coefficient (Wildman–Crippen LogP) is 3.65. The maximum atomic E-state index is 12.0. The molecule has 2 atom stereocenters. The Kier molecular flexibility index (Phi) is 4.48. The fraction of sp³-hybridized carbons (Fsp3) is 0.529. The minimum Gasteiger partial charge on any atom is -0.465 e. The second kappa shape index (κ2) is 6.40. The number of carboxylic acid groups (broad SMARTS) is 1. The van der Waals surface area contributed by atoms with Gasteiger partial charge in [0, 0.05) is 30.5 Å². The third-order valence-corrected chi connectivity index (χ3v) is 5.12. The number of halogens is 1. The number of hydrogen-bond donors (Lipinski definition) is 1. The molecule has 2 aliphatic heterocycles. The summed E-state index contributed by atoms with van der Waals surface area (Å²) in [7, 11) is 0. The molecule has 1 N–H and O–H groups in total. The molecule has 0 bridgehead atoms. The van der Waals surface area contributed by atoms with Crippen molar-refractivity contribution in [2.24, 2.45) is 5.92 Å². The molecule has 124 valence electrons. The summed E-state index contributed by atoms with van der Waals surface area (Å²) in [6.07, 6.45) is 2.56. The largest absolute Gasteiger partial charge is 0.465 e. The third-order valence-electron chi connectivity index (χ3n) is 4.89. The van der Waals surface area contributed by atoms with E-state index in [0.29, 0.717) is 31.0 Å². The number of ether oxygens (including phenoxy) is 1. The van der Waals surface area contributed by atoms with Crippen LogP contribution in [0.15, 0.2) is 24.3 Å². The second-order valence-corrected chi connectivity index (χ2v) is 6.73. The normalized spacial score (nSPS) is 28.3. The van der Waals surface area contributed by atoms with Crippen molar-refractivity contribution in [3.8, 4) is 0 Å². The lowest BCUT2D eigenvalue weighted by Gasteiger charge is -2.46. The first-order valence-corrected chi connectivity index (χ1v) is 8.35. The van der Waals surface area contributed by atoms with E-state index in [0.717, 1.165) is 24.8 Å². The lowest BCUT2D eigenvalue weighted by Crippen LogP contribution is -2.51. The minimum absolute atomic E-state index is 0.0462. The molecule has 3 rings (SSSR count). The summed E-state index contributed by atoms with van der Waals surface area (Å²) < 4.78 is 5.87. The van der Waals surface area contributed by atoms with E-state index in [2.05, 4.69) is 0 Å². The van der Waals surface area contributed by atoms with Gasteiger partial charge in [-0.25, -0.2) is 4.79 Å². The van der Waals surface area contributed by atoms with Gasteiger partial charge in [-0.3, -0.25) is 4.79 Å². The van der Waals surface area contributed by atoms with Crippen LogP contribution in [0.4, 0.5) is 4.79 Å². The molecule has 0 spiro atoms. The molecular weight excluding hydrogens is 318 g/mol. The van der Waals surface area contributed by atoms with Crippen LogP contribution in [0.1, 0.15) is 37.7 Å². The molecule has 2 heterocycles. The van der Waals surface area contributed by atoms with Crippen LogP contribution in [-0.2, 0) is 15.1 Å². The summed E-state index contributed by atoms with van der Waals surface area (Å²) >= 11 is 6.14. The van der Waals surface area contributed by atoms with E-state index in [1.807, 2.05) is 18.2 Å². The van der Waals surface area contributed by atoms with Gasteiger partial charge in [0.25, 0.3) is 0 Å². The van der Waals surface area contributed by atoms with Crippen LogP contribution in [0, 0.1) is 5.92 Å². The summed E-state index contributed by atoms with van der Waals surface area (Å²) in [6, 6.07) is 7.39. The molecule has 2 aliphatic rings. The van der Waals surface area contributed by atoms with Crippen LogP contribution in [0.5, 0.6) is 0 Å². The number of rotatable bonds is 2. The number of piperidine rings is 1. The molecule has 0 saturated carbocycles. The Morgan fingerprint density at radius 3 is 2.91 bits per heavy atom. The van der Waals surface area contributed by atoms with E-state index in [9.17, 15) is 14.7 Å². The Hall–Kier alpha value is -1.75. The van der Waals surface area contributed by atoms with Gasteiger partial charge in [-0.1, -0.05) is 23.7 Å². The summed E-state index contributed by atoms with van der Waals surface area (Å²) in [5.41, 5.74) is 0.101. The van der Waals surface area contributed by atoms with Crippen LogP contribution in [-0.4, -0.2) is 35.2 Å². The highest BCUT2D eigenvalue weighted by molar-refractivity contribution is 6.30. The standard InChI is InChI=1S/C17H20ClNO4/c18-14-6-1-4-12(10-14)17(8-2-7-15(20)23-17)13-5-3-9-19(11-13)16(21)22/h1,4,6,10,13H,2-3,5,7-9,11H2,(H,21,22)/t13?,17-/m1/s1. The SMILES string of the molecule is O=C1CCC[C@@](c2cccc(Cl)c2)(C2CCCN(C(=O)O)C2)O1. The van der Waals surface area contributed by atoms with Gasteiger partial charge >= 0.3 is 12.1 Å². The van der Waals surface area contributed by atoms with Crippen molar-refractivity contribution in [1.82, 2.24) is 4.90 Å². The van der Waals surface area contributed by atoms with E-state index in [4.69, 9.17) is 16.3 Å². The number of hydrogen-bond acceptors (Lipinski definition) is 3. The molecule has 0 aromatic heterocycles. The van der Waals surface area contributed by atoms with Crippen molar-refractivity contribution < 1.29 is 19.4 Å². The Morgan fingerprint density at radius 2 is 2.22 bits per heavy atom. The first-order chi connectivity index (χ1) is 11.0. The molecular formula is C17H20ClNO4. The topological polar surface area (TPSA) is 66.8 Å². The Bertz CT molecular complexity index is 620. The highest BCUT2D eigenvalue weighted by Crippen LogP contribution is 2.45. The number of cyclic esters (lactones) is 1. The van der Waals surface area contributed by atoms with Crippen LogP contribution in [0.25, 0.3) is 0 Å². The lowest BCUT2D eigenvalue weighted by molar-refractivity contribution is -0.180. The van der Waals surface area contributed by atoms with E-state index >= 15 is 0 Å². The maximum absolute atomic E-state index is 12.0. The van der Waals surface area contributed by atoms with E-state index < -0.39 is 11.7 Å². The monoisotopic (exact) mass is 337 g/mol. The maximum Gasteiger partial charge on any atom is 0.407 e. The predicted molar refractivity (Wildman–Crippen MR) is 85.4 cm³/mol. The third kappa shape index (κ3) is 3.15. The zero-order chi connectivity index (χ0) is 16.4. The Balaban J connectivity index is 1.98. The van der Waals surface area contributed by atoms with E-state index in [1.165, 1.54) is 4.90 Å². The zero-order valence-electron chi connectivity index (χ0n) is 12.8. The number of esters is 1. The minimum atomic E-state index is -0.918. The fourth-order valence-electron chi connectivity index (χ4n) is 3.81. The number of amides is 1. The Morgan fingerprint density at radius 1 is 1.39 bits per heavy atom. The van der Waals surface area contributed by atoms with Gasteiger partial charge < -0.3 is 14.7 Å². The molecule has 5 nitrogen and oxygen atoms in total. The van der Waals surface area contributed by atoms with Gasteiger partial charge in [-0.2, -0.15) is 0 Å². The summed E-state index contributed by atoms with van der Waals surface area (Å²) in [4.78, 5) is 24.8. The number of likely N-dealkylation sites (tertiary alicyclic amines) is 1. The molecule has 2 saturated heterocycles. The molecule has 1 aromatic rings. The first-order valence-electron chi connectivity index (χ1n) is 7.97. The molecule has 0 aliphatic carbocycles. The molecule has 6 heteroatoms. The van der Waals surface area contributed by atoms with Gasteiger partial charge in [0.2, 0.25) is 0 Å². The van der Waals surface area contributed by atoms with Crippen molar-refractivity contribution in [2.45, 2.75) is 37.7 Å². The smallest absolute Gasteiger partial charge is 0.407 e. The number of benzene rings is 1. The average Bonchev–Trinajstić information content (AvgIpc) is 2.55. The summed E-state index contributed by atoms with van der Waals surface area (Å²) in [6.45, 7) is 0.917. The molecule has 2 fully saturated rings. The van der Waals surface area contributed by atoms with Crippen LogP contribution < -0.4 is 0 Å². The zero-order valence-corrected chi connectivity index (χ0v) is 13.6. The van der Waals surface area contributed by atoms with Crippen molar-refractivity contribution in [2.75, 3.05) is 13.1 Å². The van der Waals surface area contributed by atoms with Crippen LogP contribution in [0.3, 0.4) is 0 Å². The number of carbonyl (C=O) groups is 2. The number of nitrogens with zero attached hydrogens (tertiary/aromatic N) is 1. The lowest BCUT2D eigenvalue weighted by atomic mass is 9.73. The van der Waals surface area contributed by atoms with Gasteiger partial charge in [-0.05, 0) is 43.4 Å². The van der Waals surface area contributed by atoms with Crippen LogP contribution in [0.2, 0.25) is 5.02 Å². The molecule has 1 unspecified atom stereocenters. The van der Waals surface area contributed by atoms with Crippen molar-refractivity contribution in [3.63, 3.8) is 0 Å². The average molecular weight is 338 g/mol. The fourth-order valence-corrected chi connectivity index (χ4v) is 4.00. The summed E-state index contributed by atoms with van der Waals surface area (Å²) in [5.74, 6) is -0.265. The second-order valence-electron chi connectivity index (χ2n) is 6.30. The molecule has 1 amide bonds. The number of carbonyl (C=O) groups excluding carboxylic acids is 1. The van der Waals surface area contributed by atoms with Gasteiger partial charge in [0.15, 0.2) is 0 Å². The van der Waals surface area contributed by atoms with Crippen LogP contribution >= 0.6 is 11.6 Å². The highest BCUT2D eigenvalue weighted by Gasteiger charge is 2.47. The molecule has 0 radical (unpaired) electrons. The van der Waals surface area contributed by atoms with Gasteiger partial charge in [0.05, 0.1) is 0 Å². The molecule has 23 heavy (non-hydrogen) atoms. The highest BCUT2D eigenvalue weighted by atomic mass is 35.5. The van der Waals surface area contributed by atoms with Gasteiger partial charge in [-0.15, -0.1) is 0 Å². The van der Waals surface area contributed by atoms with E-state index in [1.54, 1.807) is 6.07 Å². The van der Waals surface area contributed by atoms with Crippen molar-refractivity contribution >= 4 is 23.7 Å². The van der Waals surface area contributed by atoms with Gasteiger partial charge in [0.1, 0.15) is 5.60 Å². The first kappa shape index (κ1) is 16.1. The quantitative estimate of drug-likeness (QED) is 0.836. The van der Waals surface area contributed by atoms with Crippen molar-refractivity contribution in [3.05, 3.63) is 34.9 Å². The molecule has 1 aromatic carbocycles. The van der Waals surface area contributed by atoms with E-state index in [-0.39, 0.29) is 11.9 Å².